The third kappa shape index (κ3) is 2.80. The van der Waals surface area contributed by atoms with Gasteiger partial charge in [-0.3, -0.25) is 4.90 Å². The molecular formula is C13H21N5O. The van der Waals surface area contributed by atoms with Crippen LogP contribution in [0.1, 0.15) is 6.42 Å². The fraction of sp³-hybridized carbons (Fsp3) is 0.615. The SMILES string of the molecule is NNc1cc(N2CCC(N3CCOCC3)C2)ccn1. The maximum atomic E-state index is 5.42. The van der Waals surface area contributed by atoms with Crippen molar-refractivity contribution in [2.45, 2.75) is 12.5 Å². The molecule has 0 bridgehead atoms. The quantitative estimate of drug-likeness (QED) is 0.603. The van der Waals surface area contributed by atoms with Gasteiger partial charge in [-0.2, -0.15) is 0 Å². The Hall–Kier alpha value is -1.37. The third-order valence-electron chi connectivity index (χ3n) is 3.98. The molecule has 1 aromatic rings. The summed E-state index contributed by atoms with van der Waals surface area (Å²) < 4.78 is 5.42. The van der Waals surface area contributed by atoms with E-state index < -0.39 is 0 Å². The number of ether oxygens (including phenoxy) is 1. The number of morpholine rings is 1. The molecule has 0 aromatic carbocycles. The van der Waals surface area contributed by atoms with Gasteiger partial charge in [-0.25, -0.2) is 10.8 Å². The molecule has 1 atom stereocenters. The van der Waals surface area contributed by atoms with Crippen molar-refractivity contribution >= 4 is 11.5 Å². The van der Waals surface area contributed by atoms with Crippen LogP contribution in [-0.4, -0.2) is 55.3 Å². The highest BCUT2D eigenvalue weighted by atomic mass is 16.5. The number of anilines is 2. The Kier molecular flexibility index (Phi) is 3.82. The Morgan fingerprint density at radius 2 is 2.16 bits per heavy atom. The largest absolute Gasteiger partial charge is 0.379 e. The van der Waals surface area contributed by atoms with E-state index in [1.54, 1.807) is 6.20 Å². The topological polar surface area (TPSA) is 66.7 Å². The van der Waals surface area contributed by atoms with Crippen molar-refractivity contribution in [2.24, 2.45) is 5.84 Å². The number of hydrogen-bond acceptors (Lipinski definition) is 6. The second-order valence-corrected chi connectivity index (χ2v) is 5.08. The zero-order valence-electron chi connectivity index (χ0n) is 11.1. The van der Waals surface area contributed by atoms with Gasteiger partial charge in [-0.1, -0.05) is 0 Å². The zero-order valence-corrected chi connectivity index (χ0v) is 11.1. The predicted octanol–water partition coefficient (Wildman–Crippen LogP) is 0.278. The summed E-state index contributed by atoms with van der Waals surface area (Å²) in [5.41, 5.74) is 3.79. The van der Waals surface area contributed by atoms with Crippen LogP contribution in [0.3, 0.4) is 0 Å². The van der Waals surface area contributed by atoms with Gasteiger partial charge in [0.1, 0.15) is 5.82 Å². The first-order chi connectivity index (χ1) is 9.36. The summed E-state index contributed by atoms with van der Waals surface area (Å²) in [6, 6.07) is 4.69. The number of nitrogen functional groups attached to an aromatic ring is 1. The van der Waals surface area contributed by atoms with Gasteiger partial charge in [0.15, 0.2) is 0 Å². The number of nitrogens with one attached hydrogen (secondary N) is 1. The number of aromatic nitrogens is 1. The van der Waals surface area contributed by atoms with E-state index in [0.717, 1.165) is 39.4 Å². The number of nitrogens with zero attached hydrogens (tertiary/aromatic N) is 3. The molecule has 1 aromatic heterocycles. The molecule has 2 saturated heterocycles. The minimum absolute atomic E-state index is 0.645. The summed E-state index contributed by atoms with van der Waals surface area (Å²) in [6.07, 6.45) is 3.01. The number of hydrogen-bond donors (Lipinski definition) is 2. The monoisotopic (exact) mass is 263 g/mol. The number of rotatable bonds is 3. The Morgan fingerprint density at radius 1 is 1.32 bits per heavy atom. The van der Waals surface area contributed by atoms with E-state index in [0.29, 0.717) is 11.9 Å². The molecule has 2 aliphatic heterocycles. The molecule has 2 fully saturated rings. The maximum absolute atomic E-state index is 5.42. The number of hydrazine groups is 1. The van der Waals surface area contributed by atoms with Gasteiger partial charge in [0.2, 0.25) is 0 Å². The minimum Gasteiger partial charge on any atom is -0.379 e. The van der Waals surface area contributed by atoms with Crippen LogP contribution in [0.5, 0.6) is 0 Å². The molecule has 6 nitrogen and oxygen atoms in total. The van der Waals surface area contributed by atoms with Crippen LogP contribution in [0.2, 0.25) is 0 Å². The number of nitrogens with two attached hydrogens (primary N) is 1. The first-order valence-corrected chi connectivity index (χ1v) is 6.86. The molecule has 0 aliphatic carbocycles. The van der Waals surface area contributed by atoms with E-state index in [4.69, 9.17) is 10.6 Å². The average Bonchev–Trinajstić information content (AvgIpc) is 2.98. The highest BCUT2D eigenvalue weighted by Gasteiger charge is 2.28. The Labute approximate surface area is 113 Å². The van der Waals surface area contributed by atoms with Crippen LogP contribution < -0.4 is 16.2 Å². The average molecular weight is 263 g/mol. The molecular weight excluding hydrogens is 242 g/mol. The molecule has 0 amide bonds. The smallest absolute Gasteiger partial charge is 0.141 e. The van der Waals surface area contributed by atoms with Gasteiger partial charge >= 0.3 is 0 Å². The van der Waals surface area contributed by atoms with Gasteiger partial charge in [0.05, 0.1) is 13.2 Å². The first-order valence-electron chi connectivity index (χ1n) is 6.86. The molecule has 0 spiro atoms. The lowest BCUT2D eigenvalue weighted by molar-refractivity contribution is 0.0209. The van der Waals surface area contributed by atoms with Crippen molar-refractivity contribution in [3.8, 4) is 0 Å². The normalized spacial score (nSPS) is 24.7. The van der Waals surface area contributed by atoms with E-state index >= 15 is 0 Å². The first kappa shape index (κ1) is 12.7. The lowest BCUT2D eigenvalue weighted by Crippen LogP contribution is -2.44. The summed E-state index contributed by atoms with van der Waals surface area (Å²) in [5, 5.41) is 0. The summed E-state index contributed by atoms with van der Waals surface area (Å²) in [4.78, 5) is 9.10. The molecule has 3 N–H and O–H groups in total. The van der Waals surface area contributed by atoms with Crippen molar-refractivity contribution in [2.75, 3.05) is 49.7 Å². The molecule has 3 heterocycles. The van der Waals surface area contributed by atoms with E-state index in [2.05, 4.69) is 20.2 Å². The zero-order chi connectivity index (χ0) is 13.1. The Balaban J connectivity index is 1.64. The molecule has 0 saturated carbocycles. The van der Waals surface area contributed by atoms with Crippen LogP contribution in [0.25, 0.3) is 0 Å². The standard InChI is InChI=1S/C13H21N5O/c14-16-13-9-11(1-3-15-13)18-4-2-12(10-18)17-5-7-19-8-6-17/h1,3,9,12H,2,4-8,10,14H2,(H,15,16). The Bertz CT molecular complexity index is 421. The Morgan fingerprint density at radius 3 is 2.95 bits per heavy atom. The van der Waals surface area contributed by atoms with Crippen LogP contribution in [0.4, 0.5) is 11.5 Å². The molecule has 1 unspecified atom stereocenters. The maximum Gasteiger partial charge on any atom is 0.141 e. The van der Waals surface area contributed by atoms with Crippen molar-refractivity contribution in [3.05, 3.63) is 18.3 Å². The van der Waals surface area contributed by atoms with Gasteiger partial charge in [0.25, 0.3) is 0 Å². The third-order valence-corrected chi connectivity index (χ3v) is 3.98. The van der Waals surface area contributed by atoms with E-state index in [1.165, 1.54) is 12.1 Å². The van der Waals surface area contributed by atoms with Crippen LogP contribution >= 0.6 is 0 Å². The summed E-state index contributed by atoms with van der Waals surface area (Å²) >= 11 is 0. The van der Waals surface area contributed by atoms with Crippen molar-refractivity contribution < 1.29 is 4.74 Å². The van der Waals surface area contributed by atoms with Crippen molar-refractivity contribution in [1.29, 1.82) is 0 Å². The fourth-order valence-electron chi connectivity index (χ4n) is 2.91. The van der Waals surface area contributed by atoms with Crippen LogP contribution in [-0.2, 0) is 4.74 Å². The second-order valence-electron chi connectivity index (χ2n) is 5.08. The van der Waals surface area contributed by atoms with Crippen LogP contribution in [0.15, 0.2) is 18.3 Å². The van der Waals surface area contributed by atoms with Gasteiger partial charge in [-0.05, 0) is 12.5 Å². The molecule has 3 rings (SSSR count). The van der Waals surface area contributed by atoms with Gasteiger partial charge in [0, 0.05) is 50.2 Å². The van der Waals surface area contributed by atoms with Gasteiger partial charge in [-0.15, -0.1) is 0 Å². The fourth-order valence-corrected chi connectivity index (χ4v) is 2.91. The summed E-state index contributed by atoms with van der Waals surface area (Å²) in [6.45, 7) is 6.03. The molecule has 0 radical (unpaired) electrons. The molecule has 6 heteroatoms. The lowest BCUT2D eigenvalue weighted by Gasteiger charge is -2.32. The second kappa shape index (κ2) is 5.73. The number of pyridine rings is 1. The predicted molar refractivity (Wildman–Crippen MR) is 75.1 cm³/mol. The highest BCUT2D eigenvalue weighted by molar-refractivity contribution is 5.54. The highest BCUT2D eigenvalue weighted by Crippen LogP contribution is 2.24. The van der Waals surface area contributed by atoms with Crippen molar-refractivity contribution in [3.63, 3.8) is 0 Å². The van der Waals surface area contributed by atoms with E-state index in [1.807, 2.05) is 12.1 Å². The molecule has 2 aliphatic rings. The molecule has 19 heavy (non-hydrogen) atoms. The van der Waals surface area contributed by atoms with Gasteiger partial charge < -0.3 is 15.1 Å². The minimum atomic E-state index is 0.645. The van der Waals surface area contributed by atoms with Crippen molar-refractivity contribution in [1.82, 2.24) is 9.88 Å². The summed E-state index contributed by atoms with van der Waals surface area (Å²) in [5.74, 6) is 6.12. The van der Waals surface area contributed by atoms with E-state index in [-0.39, 0.29) is 0 Å². The summed E-state index contributed by atoms with van der Waals surface area (Å²) in [7, 11) is 0. The van der Waals surface area contributed by atoms with Crippen LogP contribution in [0, 0.1) is 0 Å². The lowest BCUT2D eigenvalue weighted by atomic mass is 10.2. The molecule has 104 valence electrons. The van der Waals surface area contributed by atoms with E-state index in [9.17, 15) is 0 Å².